The van der Waals surface area contributed by atoms with Gasteiger partial charge >= 0.3 is 12.1 Å². The van der Waals surface area contributed by atoms with Crippen molar-refractivity contribution in [1.29, 1.82) is 0 Å². The van der Waals surface area contributed by atoms with Crippen LogP contribution in [0.1, 0.15) is 36.0 Å². The Morgan fingerprint density at radius 1 is 1.35 bits per heavy atom. The molecule has 1 aromatic rings. The van der Waals surface area contributed by atoms with Crippen LogP contribution >= 0.6 is 0 Å². The van der Waals surface area contributed by atoms with Crippen LogP contribution in [-0.2, 0) is 9.53 Å². The summed E-state index contributed by atoms with van der Waals surface area (Å²) in [5.74, 6) is -3.13. The number of ether oxygens (including phenoxy) is 1. The topological polar surface area (TPSA) is 68.3 Å². The fourth-order valence-electron chi connectivity index (χ4n) is 2.70. The monoisotopic (exact) mass is 330 g/mol. The quantitative estimate of drug-likeness (QED) is 0.864. The summed E-state index contributed by atoms with van der Waals surface area (Å²) in [7, 11) is 1.22. The van der Waals surface area contributed by atoms with E-state index in [1.807, 2.05) is 0 Å². The van der Waals surface area contributed by atoms with E-state index in [-0.39, 0.29) is 24.2 Å². The highest BCUT2D eigenvalue weighted by atomic mass is 19.4. The van der Waals surface area contributed by atoms with Gasteiger partial charge in [0.25, 0.3) is 0 Å². The largest absolute Gasteiger partial charge is 0.465 e. The number of nitrogens with zero attached hydrogens (tertiary/aromatic N) is 1. The second kappa shape index (κ2) is 6.97. The number of methoxy groups -OCH3 is 1. The Morgan fingerprint density at radius 2 is 2.09 bits per heavy atom. The number of rotatable bonds is 3. The fourth-order valence-corrected chi connectivity index (χ4v) is 2.70. The Kier molecular flexibility index (Phi) is 5.23. The van der Waals surface area contributed by atoms with Gasteiger partial charge in [-0.2, -0.15) is 13.2 Å². The van der Waals surface area contributed by atoms with Crippen molar-refractivity contribution < 1.29 is 27.5 Å². The minimum atomic E-state index is -4.28. The maximum absolute atomic E-state index is 12.8. The average molecular weight is 330 g/mol. The van der Waals surface area contributed by atoms with Crippen LogP contribution in [0.4, 0.5) is 19.0 Å². The van der Waals surface area contributed by atoms with Crippen molar-refractivity contribution in [2.24, 2.45) is 11.8 Å². The van der Waals surface area contributed by atoms with Crippen molar-refractivity contribution in [3.63, 3.8) is 0 Å². The molecule has 23 heavy (non-hydrogen) atoms. The molecule has 126 valence electrons. The van der Waals surface area contributed by atoms with Crippen LogP contribution in [0.2, 0.25) is 0 Å². The summed E-state index contributed by atoms with van der Waals surface area (Å²) < 4.78 is 42.9. The lowest BCUT2D eigenvalue weighted by Gasteiger charge is -2.29. The molecule has 1 amide bonds. The molecule has 0 spiro atoms. The zero-order valence-electron chi connectivity index (χ0n) is 12.5. The first-order valence-electron chi connectivity index (χ1n) is 7.23. The van der Waals surface area contributed by atoms with E-state index < -0.39 is 29.9 Å². The number of hydrogen-bond acceptors (Lipinski definition) is 4. The van der Waals surface area contributed by atoms with Gasteiger partial charge in [0.05, 0.1) is 18.6 Å². The van der Waals surface area contributed by atoms with Crippen LogP contribution < -0.4 is 5.32 Å². The molecule has 0 unspecified atom stereocenters. The first-order chi connectivity index (χ1) is 10.8. The third kappa shape index (κ3) is 4.43. The highest BCUT2D eigenvalue weighted by Gasteiger charge is 2.43. The smallest absolute Gasteiger partial charge is 0.391 e. The van der Waals surface area contributed by atoms with E-state index in [1.165, 1.54) is 25.4 Å². The maximum atomic E-state index is 12.8. The number of hydrogen-bond donors (Lipinski definition) is 1. The van der Waals surface area contributed by atoms with Crippen molar-refractivity contribution in [3.05, 3.63) is 23.9 Å². The van der Waals surface area contributed by atoms with Gasteiger partial charge in [-0.15, -0.1) is 0 Å². The van der Waals surface area contributed by atoms with E-state index in [2.05, 4.69) is 15.0 Å². The third-order valence-corrected chi connectivity index (χ3v) is 3.94. The SMILES string of the molecule is COC(=O)c1ccnc(NC(=O)[C@@H]2CCC[C@@H](C(F)(F)F)C2)c1. The molecule has 0 saturated heterocycles. The molecule has 0 aromatic carbocycles. The first-order valence-corrected chi connectivity index (χ1v) is 7.23. The normalized spacial score (nSPS) is 21.6. The first kappa shape index (κ1) is 17.2. The number of aromatic nitrogens is 1. The Morgan fingerprint density at radius 3 is 2.74 bits per heavy atom. The van der Waals surface area contributed by atoms with Crippen molar-refractivity contribution in [3.8, 4) is 0 Å². The molecular weight excluding hydrogens is 313 g/mol. The number of anilines is 1. The lowest BCUT2D eigenvalue weighted by molar-refractivity contribution is -0.185. The van der Waals surface area contributed by atoms with E-state index in [9.17, 15) is 22.8 Å². The van der Waals surface area contributed by atoms with E-state index >= 15 is 0 Å². The number of pyridine rings is 1. The fraction of sp³-hybridized carbons (Fsp3) is 0.533. The highest BCUT2D eigenvalue weighted by molar-refractivity contribution is 5.94. The second-order valence-corrected chi connectivity index (χ2v) is 5.51. The summed E-state index contributed by atoms with van der Waals surface area (Å²) in [5, 5.41) is 2.48. The van der Waals surface area contributed by atoms with E-state index in [0.29, 0.717) is 12.8 Å². The summed E-state index contributed by atoms with van der Waals surface area (Å²) in [6.07, 6.45) is -2.34. The van der Waals surface area contributed by atoms with Gasteiger partial charge in [0.2, 0.25) is 5.91 Å². The van der Waals surface area contributed by atoms with Gasteiger partial charge in [-0.25, -0.2) is 9.78 Å². The predicted molar refractivity (Wildman–Crippen MR) is 75.7 cm³/mol. The predicted octanol–water partition coefficient (Wildman–Crippen LogP) is 3.18. The second-order valence-electron chi connectivity index (χ2n) is 5.51. The molecule has 1 aliphatic rings. The molecule has 0 radical (unpaired) electrons. The van der Waals surface area contributed by atoms with Crippen LogP contribution in [0.15, 0.2) is 18.3 Å². The molecule has 0 bridgehead atoms. The number of esters is 1. The van der Waals surface area contributed by atoms with Gasteiger partial charge in [0, 0.05) is 12.1 Å². The number of carbonyl (C=O) groups excluding carboxylic acids is 2. The van der Waals surface area contributed by atoms with Gasteiger partial charge in [0.15, 0.2) is 0 Å². The Balaban J connectivity index is 2.03. The molecule has 1 fully saturated rings. The molecule has 1 saturated carbocycles. The molecule has 0 aliphatic heterocycles. The Hall–Kier alpha value is -2.12. The minimum Gasteiger partial charge on any atom is -0.465 e. The lowest BCUT2D eigenvalue weighted by atomic mass is 9.80. The third-order valence-electron chi connectivity index (χ3n) is 3.94. The summed E-state index contributed by atoms with van der Waals surface area (Å²) in [4.78, 5) is 27.5. The molecule has 8 heteroatoms. The molecule has 2 rings (SSSR count). The summed E-state index contributed by atoms with van der Waals surface area (Å²) in [6, 6.07) is 2.75. The molecular formula is C15H17F3N2O3. The molecule has 1 aliphatic carbocycles. The number of amides is 1. The number of alkyl halides is 3. The van der Waals surface area contributed by atoms with Gasteiger partial charge in [-0.1, -0.05) is 6.42 Å². The van der Waals surface area contributed by atoms with Crippen molar-refractivity contribution >= 4 is 17.7 Å². The van der Waals surface area contributed by atoms with Crippen LogP contribution in [0.25, 0.3) is 0 Å². The van der Waals surface area contributed by atoms with Crippen molar-refractivity contribution in [2.45, 2.75) is 31.9 Å². The molecule has 1 N–H and O–H groups in total. The molecule has 2 atom stereocenters. The summed E-state index contributed by atoms with van der Waals surface area (Å²) in [6.45, 7) is 0. The molecule has 5 nitrogen and oxygen atoms in total. The standard InChI is InChI=1S/C15H17F3N2O3/c1-23-14(22)10-5-6-19-12(8-10)20-13(21)9-3-2-4-11(7-9)15(16,17)18/h5-6,8-9,11H,2-4,7H2,1H3,(H,19,20,21)/t9-,11-/m1/s1. The van der Waals surface area contributed by atoms with Gasteiger partial charge in [-0.05, 0) is 31.4 Å². The van der Waals surface area contributed by atoms with Crippen LogP contribution in [0.3, 0.4) is 0 Å². The maximum Gasteiger partial charge on any atom is 0.391 e. The van der Waals surface area contributed by atoms with Crippen LogP contribution in [0, 0.1) is 11.8 Å². The average Bonchev–Trinajstić information content (AvgIpc) is 2.53. The highest BCUT2D eigenvalue weighted by Crippen LogP contribution is 2.40. The Bertz CT molecular complexity index is 590. The van der Waals surface area contributed by atoms with Crippen LogP contribution in [0.5, 0.6) is 0 Å². The van der Waals surface area contributed by atoms with E-state index in [0.717, 1.165) is 0 Å². The number of nitrogens with one attached hydrogen (secondary N) is 1. The minimum absolute atomic E-state index is 0.0589. The van der Waals surface area contributed by atoms with Crippen molar-refractivity contribution in [1.82, 2.24) is 4.98 Å². The molecule has 1 aromatic heterocycles. The lowest BCUT2D eigenvalue weighted by Crippen LogP contribution is -2.34. The zero-order chi connectivity index (χ0) is 17.0. The van der Waals surface area contributed by atoms with Gasteiger partial charge < -0.3 is 10.1 Å². The number of halogens is 3. The van der Waals surface area contributed by atoms with Crippen LogP contribution in [-0.4, -0.2) is 30.1 Å². The van der Waals surface area contributed by atoms with Gasteiger partial charge in [-0.3, -0.25) is 4.79 Å². The summed E-state index contributed by atoms with van der Waals surface area (Å²) in [5.41, 5.74) is 0.203. The van der Waals surface area contributed by atoms with E-state index in [4.69, 9.17) is 0 Å². The van der Waals surface area contributed by atoms with E-state index in [1.54, 1.807) is 0 Å². The zero-order valence-corrected chi connectivity index (χ0v) is 12.5. The summed E-state index contributed by atoms with van der Waals surface area (Å²) >= 11 is 0. The number of carbonyl (C=O) groups is 2. The molecule has 1 heterocycles. The Labute approximate surface area is 131 Å². The van der Waals surface area contributed by atoms with Gasteiger partial charge in [0.1, 0.15) is 5.82 Å². The van der Waals surface area contributed by atoms with Crippen molar-refractivity contribution in [2.75, 3.05) is 12.4 Å².